The Morgan fingerprint density at radius 1 is 0.473 bits per heavy atom. The number of fused-ring (bicyclic) bond motifs is 5. The largest absolute Gasteiger partial charge is 0.310 e. The molecule has 0 spiro atoms. The summed E-state index contributed by atoms with van der Waals surface area (Å²) in [4.78, 5) is 2.42. The minimum Gasteiger partial charge on any atom is -0.310 e. The summed E-state index contributed by atoms with van der Waals surface area (Å²) >= 11 is 0. The average Bonchev–Trinajstić information content (AvgIpc) is 3.59. The van der Waals surface area contributed by atoms with Gasteiger partial charge in [0.25, 0.3) is 0 Å². The molecular formula is C53H40N2. The van der Waals surface area contributed by atoms with Crippen molar-refractivity contribution >= 4 is 55.2 Å². The first-order valence-electron chi connectivity index (χ1n) is 19.2. The van der Waals surface area contributed by atoms with Crippen molar-refractivity contribution < 1.29 is 0 Å². The van der Waals surface area contributed by atoms with Crippen LogP contribution in [0.25, 0.3) is 66.1 Å². The molecule has 8 aromatic carbocycles. The third kappa shape index (κ3) is 5.84. The summed E-state index contributed by atoms with van der Waals surface area (Å²) in [6, 6.07) is 68.6. The monoisotopic (exact) mass is 704 g/mol. The van der Waals surface area contributed by atoms with Crippen LogP contribution in [0, 0.1) is 5.92 Å². The van der Waals surface area contributed by atoms with Crippen molar-refractivity contribution in [1.82, 2.24) is 4.57 Å². The zero-order valence-corrected chi connectivity index (χ0v) is 30.8. The lowest BCUT2D eigenvalue weighted by molar-refractivity contribution is 0.758. The molecule has 1 aliphatic carbocycles. The first-order chi connectivity index (χ1) is 27.2. The number of nitrogens with zero attached hydrogens (tertiary/aromatic N) is 2. The highest BCUT2D eigenvalue weighted by Crippen LogP contribution is 2.46. The smallest absolute Gasteiger partial charge is 0.0568 e. The number of para-hydroxylation sites is 2. The van der Waals surface area contributed by atoms with E-state index in [1.54, 1.807) is 0 Å². The number of aromatic nitrogens is 1. The average molecular weight is 705 g/mol. The molecule has 9 aromatic rings. The molecule has 0 bridgehead atoms. The van der Waals surface area contributed by atoms with Gasteiger partial charge in [0, 0.05) is 33.2 Å². The van der Waals surface area contributed by atoms with Crippen LogP contribution < -0.4 is 4.90 Å². The van der Waals surface area contributed by atoms with Crippen molar-refractivity contribution in [2.75, 3.05) is 4.90 Å². The van der Waals surface area contributed by atoms with Crippen LogP contribution in [0.4, 0.5) is 17.1 Å². The minimum absolute atomic E-state index is 0.435. The first-order valence-corrected chi connectivity index (χ1v) is 19.2. The van der Waals surface area contributed by atoms with E-state index in [4.69, 9.17) is 0 Å². The highest BCUT2D eigenvalue weighted by atomic mass is 15.1. The standard InChI is InChI=1S/C53H40N2/c1-37-17-11-12-24-46(37)42-33-41(39-20-7-3-8-21-39)34-45(35-42)55-50-28-16-15-27-49(50)53-48-26-14-13-25-47(48)51(36-52(53)55)54(43-22-9-4-10-23-43)44-31-29-40(30-32-44)38-18-5-2-6-19-38/h2-16,18-37H,17H2,1H3. The fourth-order valence-electron chi connectivity index (χ4n) is 8.54. The van der Waals surface area contributed by atoms with Crippen molar-refractivity contribution in [3.63, 3.8) is 0 Å². The molecule has 1 atom stereocenters. The molecule has 55 heavy (non-hydrogen) atoms. The van der Waals surface area contributed by atoms with E-state index in [1.165, 1.54) is 66.0 Å². The summed E-state index contributed by atoms with van der Waals surface area (Å²) < 4.78 is 2.50. The predicted octanol–water partition coefficient (Wildman–Crippen LogP) is 14.7. The minimum atomic E-state index is 0.435. The Morgan fingerprint density at radius 2 is 1.04 bits per heavy atom. The zero-order chi connectivity index (χ0) is 36.7. The maximum Gasteiger partial charge on any atom is 0.0568 e. The molecule has 0 fully saturated rings. The van der Waals surface area contributed by atoms with Crippen molar-refractivity contribution in [2.45, 2.75) is 13.3 Å². The third-order valence-corrected chi connectivity index (χ3v) is 11.2. The van der Waals surface area contributed by atoms with Crippen molar-refractivity contribution in [1.29, 1.82) is 0 Å². The van der Waals surface area contributed by atoms with Gasteiger partial charge in [0.2, 0.25) is 0 Å². The number of allylic oxidation sites excluding steroid dienone is 4. The summed E-state index contributed by atoms with van der Waals surface area (Å²) in [5, 5.41) is 4.96. The van der Waals surface area contributed by atoms with Gasteiger partial charge in [0.1, 0.15) is 0 Å². The second kappa shape index (κ2) is 13.8. The molecule has 0 aliphatic heterocycles. The summed E-state index contributed by atoms with van der Waals surface area (Å²) in [6.07, 6.45) is 7.85. The molecule has 2 nitrogen and oxygen atoms in total. The van der Waals surface area contributed by atoms with Gasteiger partial charge in [-0.3, -0.25) is 0 Å². The van der Waals surface area contributed by atoms with Gasteiger partial charge in [0.05, 0.1) is 16.7 Å². The van der Waals surface area contributed by atoms with E-state index in [0.717, 1.165) is 29.2 Å². The highest BCUT2D eigenvalue weighted by molar-refractivity contribution is 6.24. The fraction of sp³-hybridized carbons (Fsp3) is 0.0566. The molecule has 2 heteroatoms. The van der Waals surface area contributed by atoms with Gasteiger partial charge in [0.15, 0.2) is 0 Å². The Labute approximate surface area is 322 Å². The number of benzene rings is 8. The number of hydrogen-bond donors (Lipinski definition) is 0. The number of hydrogen-bond acceptors (Lipinski definition) is 1. The van der Waals surface area contributed by atoms with Gasteiger partial charge in [-0.25, -0.2) is 0 Å². The Hall–Kier alpha value is -6.90. The number of anilines is 3. The lowest BCUT2D eigenvalue weighted by Gasteiger charge is -2.27. The van der Waals surface area contributed by atoms with Crippen LogP contribution in [0.5, 0.6) is 0 Å². The maximum atomic E-state index is 2.50. The first kappa shape index (κ1) is 32.7. The van der Waals surface area contributed by atoms with Gasteiger partial charge in [-0.1, -0.05) is 159 Å². The topological polar surface area (TPSA) is 8.17 Å². The lowest BCUT2D eigenvalue weighted by Crippen LogP contribution is -2.11. The van der Waals surface area contributed by atoms with Gasteiger partial charge in [-0.2, -0.15) is 0 Å². The van der Waals surface area contributed by atoms with Crippen LogP contribution >= 0.6 is 0 Å². The molecule has 262 valence electrons. The Balaban J connectivity index is 1.27. The normalized spacial score (nSPS) is 14.1. The van der Waals surface area contributed by atoms with E-state index in [-0.39, 0.29) is 0 Å². The van der Waals surface area contributed by atoms with E-state index in [1.807, 2.05) is 0 Å². The quantitative estimate of drug-likeness (QED) is 0.160. The molecule has 10 rings (SSSR count). The lowest BCUT2D eigenvalue weighted by atomic mass is 9.86. The van der Waals surface area contributed by atoms with Crippen LogP contribution in [0.3, 0.4) is 0 Å². The maximum absolute atomic E-state index is 2.50. The van der Waals surface area contributed by atoms with Crippen LogP contribution in [-0.2, 0) is 0 Å². The second-order valence-electron chi connectivity index (χ2n) is 14.6. The Kier molecular flexibility index (Phi) is 8.22. The summed E-state index contributed by atoms with van der Waals surface area (Å²) in [6.45, 7) is 2.34. The van der Waals surface area contributed by atoms with Crippen LogP contribution in [0.1, 0.15) is 18.9 Å². The number of rotatable bonds is 7. The second-order valence-corrected chi connectivity index (χ2v) is 14.6. The molecule has 1 aromatic heterocycles. The van der Waals surface area contributed by atoms with E-state index in [9.17, 15) is 0 Å². The third-order valence-electron chi connectivity index (χ3n) is 11.2. The van der Waals surface area contributed by atoms with Crippen LogP contribution in [0.15, 0.2) is 206 Å². The van der Waals surface area contributed by atoms with E-state index >= 15 is 0 Å². The zero-order valence-electron chi connectivity index (χ0n) is 30.8. The highest BCUT2D eigenvalue weighted by Gasteiger charge is 2.23. The predicted molar refractivity (Wildman–Crippen MR) is 235 cm³/mol. The molecule has 1 aliphatic rings. The fourth-order valence-corrected chi connectivity index (χ4v) is 8.54. The van der Waals surface area contributed by atoms with Crippen molar-refractivity contribution in [3.8, 4) is 27.9 Å². The van der Waals surface area contributed by atoms with Gasteiger partial charge in [-0.05, 0) is 106 Å². The van der Waals surface area contributed by atoms with E-state index in [0.29, 0.717) is 5.92 Å². The summed E-state index contributed by atoms with van der Waals surface area (Å²) in [5.41, 5.74) is 14.4. The molecule has 0 N–H and O–H groups in total. The molecular weight excluding hydrogens is 665 g/mol. The molecule has 0 radical (unpaired) electrons. The van der Waals surface area contributed by atoms with Gasteiger partial charge >= 0.3 is 0 Å². The molecule has 0 saturated carbocycles. The SMILES string of the molecule is CC1CC=CC=C1c1cc(-c2ccccc2)cc(-n2c3ccccc3c3c4ccccc4c(N(c4ccccc4)c4ccc(-c5ccccc5)cc4)cc32)c1. The van der Waals surface area contributed by atoms with Gasteiger partial charge in [-0.15, -0.1) is 0 Å². The Bertz CT molecular complexity index is 2880. The van der Waals surface area contributed by atoms with Crippen molar-refractivity contribution in [3.05, 3.63) is 212 Å². The summed E-state index contributed by atoms with van der Waals surface area (Å²) in [7, 11) is 0. The van der Waals surface area contributed by atoms with E-state index in [2.05, 4.69) is 223 Å². The molecule has 1 heterocycles. The molecule has 1 unspecified atom stereocenters. The van der Waals surface area contributed by atoms with Crippen LogP contribution in [-0.4, -0.2) is 4.57 Å². The molecule has 0 amide bonds. The Morgan fingerprint density at radius 3 is 1.75 bits per heavy atom. The van der Waals surface area contributed by atoms with Crippen LogP contribution in [0.2, 0.25) is 0 Å². The van der Waals surface area contributed by atoms with Gasteiger partial charge < -0.3 is 9.47 Å². The summed E-state index contributed by atoms with van der Waals surface area (Å²) in [5.74, 6) is 0.435. The van der Waals surface area contributed by atoms with Crippen molar-refractivity contribution in [2.24, 2.45) is 5.92 Å². The van der Waals surface area contributed by atoms with E-state index < -0.39 is 0 Å². The molecule has 0 saturated heterocycles.